The van der Waals surface area contributed by atoms with Crippen molar-refractivity contribution in [2.24, 2.45) is 5.41 Å². The van der Waals surface area contributed by atoms with Gasteiger partial charge in [-0.25, -0.2) is 4.98 Å². The summed E-state index contributed by atoms with van der Waals surface area (Å²) in [7, 11) is 0. The van der Waals surface area contributed by atoms with Gasteiger partial charge in [0, 0.05) is 39.9 Å². The Morgan fingerprint density at radius 1 is 0.500 bits per heavy atom. The molecule has 4 heterocycles. The number of benzene rings is 9. The number of rotatable bonds is 9. The van der Waals surface area contributed by atoms with Crippen molar-refractivity contribution in [2.75, 3.05) is 0 Å². The van der Waals surface area contributed by atoms with E-state index in [0.29, 0.717) is 17.4 Å². The Balaban J connectivity index is 1.01. The Labute approximate surface area is 418 Å². The number of fused-ring (bicyclic) bond motifs is 7. The van der Waals surface area contributed by atoms with Crippen molar-refractivity contribution in [2.45, 2.75) is 33.6 Å². The number of imidazole rings is 1. The summed E-state index contributed by atoms with van der Waals surface area (Å²) in [4.78, 5) is 5.10. The summed E-state index contributed by atoms with van der Waals surface area (Å²) in [5, 5.41) is 4.66. The molecule has 0 radical (unpaired) electrons. The van der Waals surface area contributed by atoms with E-state index in [1.807, 2.05) is 12.3 Å². The minimum Gasteiger partial charge on any atom is -0.458 e. The van der Waals surface area contributed by atoms with E-state index in [1.54, 1.807) is 0 Å². The van der Waals surface area contributed by atoms with Crippen LogP contribution in [-0.4, -0.2) is 18.7 Å². The minimum absolute atomic E-state index is 0.0708. The largest absolute Gasteiger partial charge is 0.458 e. The lowest BCUT2D eigenvalue weighted by molar-refractivity contribution is -0.571. The second-order valence-corrected chi connectivity index (χ2v) is 19.9. The van der Waals surface area contributed by atoms with Crippen LogP contribution in [0, 0.1) is 11.7 Å². The third-order valence-electron chi connectivity index (χ3n) is 14.6. The standard InChI is InChI=1S/C66H51N5O/c1-44(66(2,3)4)47-37-38-67-63(39-47)71-58-34-16-13-29-55(58)64-61(70-56-32-14-11-27-53(56)54-28-12-15-33-57(54)70)41-50(42-62(64)71)72-49-26-19-25-48(40-49)68-43-69(60-36-18-17-35-59(60)68)65-51(45-21-7-5-8-22-45)30-20-31-52(65)46-23-9-6-10-24-46/h5-42,44H,1-4H3. The highest BCUT2D eigenvalue weighted by Crippen LogP contribution is 2.44. The average molecular weight is 930 g/mol. The Morgan fingerprint density at radius 2 is 1.07 bits per heavy atom. The van der Waals surface area contributed by atoms with Crippen molar-refractivity contribution in [1.29, 1.82) is 0 Å². The average Bonchev–Trinajstić information content (AvgIpc) is 4.09. The van der Waals surface area contributed by atoms with E-state index in [2.05, 4.69) is 271 Å². The van der Waals surface area contributed by atoms with E-state index in [1.165, 1.54) is 16.3 Å². The van der Waals surface area contributed by atoms with Crippen LogP contribution in [-0.2, 0) is 0 Å². The monoisotopic (exact) mass is 929 g/mol. The van der Waals surface area contributed by atoms with Gasteiger partial charge in [0.1, 0.15) is 17.3 Å². The molecule has 13 rings (SSSR count). The van der Waals surface area contributed by atoms with Crippen molar-refractivity contribution in [3.63, 3.8) is 0 Å². The Bertz CT molecular complexity index is 4080. The summed E-state index contributed by atoms with van der Waals surface area (Å²) in [6.45, 7) is 9.22. The molecule has 0 amide bonds. The van der Waals surface area contributed by atoms with Crippen molar-refractivity contribution in [3.05, 3.63) is 243 Å². The van der Waals surface area contributed by atoms with Crippen LogP contribution in [0.1, 0.15) is 39.2 Å². The summed E-state index contributed by atoms with van der Waals surface area (Å²) in [5.74, 6) is 2.59. The van der Waals surface area contributed by atoms with Crippen molar-refractivity contribution in [3.8, 4) is 56.6 Å². The van der Waals surface area contributed by atoms with E-state index in [4.69, 9.17) is 9.72 Å². The molecule has 0 aliphatic rings. The van der Waals surface area contributed by atoms with Gasteiger partial charge in [0.2, 0.25) is 0 Å². The lowest BCUT2D eigenvalue weighted by atomic mass is 9.78. The zero-order valence-corrected chi connectivity index (χ0v) is 40.7. The Morgan fingerprint density at radius 3 is 1.72 bits per heavy atom. The molecule has 13 aromatic rings. The fourth-order valence-corrected chi connectivity index (χ4v) is 10.8. The number of ether oxygens (including phenoxy) is 1. The summed E-state index contributed by atoms with van der Waals surface area (Å²) >= 11 is 0. The van der Waals surface area contributed by atoms with Gasteiger partial charge >= 0.3 is 0 Å². The molecule has 0 spiro atoms. The maximum absolute atomic E-state index is 7.18. The summed E-state index contributed by atoms with van der Waals surface area (Å²) in [6, 6.07) is 79.7. The van der Waals surface area contributed by atoms with Crippen LogP contribution in [0.25, 0.3) is 99.8 Å². The van der Waals surface area contributed by atoms with Crippen LogP contribution in [0.5, 0.6) is 11.5 Å². The molecule has 1 unspecified atom stereocenters. The molecular formula is C66H51N5O. The molecule has 0 aliphatic heterocycles. The predicted molar refractivity (Wildman–Crippen MR) is 295 cm³/mol. The minimum atomic E-state index is 0.0708. The maximum Gasteiger partial charge on any atom is 0.269 e. The molecule has 0 aliphatic carbocycles. The summed E-state index contributed by atoms with van der Waals surface area (Å²) in [6.07, 6.45) is 5.81. The number of nitrogens with zero attached hydrogens (tertiary/aromatic N) is 5. The summed E-state index contributed by atoms with van der Waals surface area (Å²) < 4.78 is 16.3. The second kappa shape index (κ2) is 17.1. The third kappa shape index (κ3) is 7.17. The van der Waals surface area contributed by atoms with Gasteiger partial charge in [-0.2, -0.15) is 0 Å². The van der Waals surface area contributed by atoms with Gasteiger partial charge in [0.25, 0.3) is 6.33 Å². The molecule has 346 valence electrons. The van der Waals surface area contributed by atoms with Gasteiger partial charge in [-0.15, -0.1) is 0 Å². The van der Waals surface area contributed by atoms with Gasteiger partial charge in [-0.3, -0.25) is 13.7 Å². The first-order valence-corrected chi connectivity index (χ1v) is 24.8. The molecule has 0 saturated heterocycles. The molecule has 1 atom stereocenters. The first kappa shape index (κ1) is 43.1. The molecule has 0 saturated carbocycles. The number of hydrogen-bond donors (Lipinski definition) is 0. The highest BCUT2D eigenvalue weighted by molar-refractivity contribution is 6.16. The van der Waals surface area contributed by atoms with Crippen LogP contribution in [0.4, 0.5) is 0 Å². The van der Waals surface area contributed by atoms with Crippen LogP contribution in [0.15, 0.2) is 231 Å². The fraction of sp³-hybridized carbons (Fsp3) is 0.0909. The lowest BCUT2D eigenvalue weighted by Crippen LogP contribution is -2.31. The molecule has 0 N–H and O–H groups in total. The van der Waals surface area contributed by atoms with E-state index < -0.39 is 0 Å². The molecule has 6 heteroatoms. The molecule has 0 fully saturated rings. The number of aromatic nitrogens is 5. The van der Waals surface area contributed by atoms with Crippen molar-refractivity contribution >= 4 is 54.6 Å². The number of hydrogen-bond acceptors (Lipinski definition) is 2. The Hall–Kier alpha value is -9.00. The summed E-state index contributed by atoms with van der Waals surface area (Å²) in [5.41, 5.74) is 15.2. The third-order valence-corrected chi connectivity index (χ3v) is 14.6. The first-order valence-electron chi connectivity index (χ1n) is 24.8. The second-order valence-electron chi connectivity index (χ2n) is 19.9. The van der Waals surface area contributed by atoms with Crippen LogP contribution in [0.2, 0.25) is 0 Å². The predicted octanol–water partition coefficient (Wildman–Crippen LogP) is 16.6. The topological polar surface area (TPSA) is 40.8 Å². The van der Waals surface area contributed by atoms with Gasteiger partial charge < -0.3 is 9.30 Å². The molecular weight excluding hydrogens is 879 g/mol. The van der Waals surface area contributed by atoms with E-state index in [-0.39, 0.29) is 5.41 Å². The first-order chi connectivity index (χ1) is 35.3. The normalized spacial score (nSPS) is 12.4. The molecule has 9 aromatic carbocycles. The van der Waals surface area contributed by atoms with E-state index >= 15 is 0 Å². The van der Waals surface area contributed by atoms with Crippen LogP contribution in [0.3, 0.4) is 0 Å². The molecule has 0 bridgehead atoms. The molecule has 72 heavy (non-hydrogen) atoms. The molecule has 4 aromatic heterocycles. The van der Waals surface area contributed by atoms with E-state index in [0.717, 1.165) is 89.0 Å². The smallest absolute Gasteiger partial charge is 0.269 e. The Kier molecular flexibility index (Phi) is 10.3. The quantitative estimate of drug-likeness (QED) is 0.107. The maximum atomic E-state index is 7.18. The van der Waals surface area contributed by atoms with Gasteiger partial charge in [-0.05, 0) is 87.7 Å². The van der Waals surface area contributed by atoms with Gasteiger partial charge in [0.15, 0.2) is 0 Å². The zero-order valence-electron chi connectivity index (χ0n) is 40.7. The highest BCUT2D eigenvalue weighted by atomic mass is 16.5. The lowest BCUT2D eigenvalue weighted by Gasteiger charge is -2.27. The SMILES string of the molecule is CC(c1ccnc(-n2c3ccccc3c3c(-n4c5ccccc5c5ccccc54)cc(Oc4cccc(-n5[c-][n+](-c6c(-c7ccccc7)cccc6-c6ccccc6)c6ccccc65)c4)cc32)c1)C(C)(C)C. The van der Waals surface area contributed by atoms with E-state index in [9.17, 15) is 0 Å². The van der Waals surface area contributed by atoms with Crippen molar-refractivity contribution < 1.29 is 9.30 Å². The number of pyridine rings is 1. The fourth-order valence-electron chi connectivity index (χ4n) is 10.8. The number of para-hydroxylation sites is 6. The van der Waals surface area contributed by atoms with Gasteiger partial charge in [-0.1, -0.05) is 191 Å². The molecule has 6 nitrogen and oxygen atoms in total. The highest BCUT2D eigenvalue weighted by Gasteiger charge is 2.26. The van der Waals surface area contributed by atoms with Crippen LogP contribution >= 0.6 is 0 Å². The van der Waals surface area contributed by atoms with Crippen LogP contribution < -0.4 is 9.30 Å². The van der Waals surface area contributed by atoms with Gasteiger partial charge in [0.05, 0.1) is 50.2 Å². The van der Waals surface area contributed by atoms with Crippen molar-refractivity contribution in [1.82, 2.24) is 18.7 Å². The zero-order chi connectivity index (χ0) is 48.5.